The van der Waals surface area contributed by atoms with E-state index in [1.807, 2.05) is 26.2 Å². The van der Waals surface area contributed by atoms with Gasteiger partial charge in [-0.05, 0) is 44.1 Å². The number of amides is 1. The molecule has 2 rings (SSSR count). The minimum absolute atomic E-state index is 0.0158. The van der Waals surface area contributed by atoms with E-state index < -0.39 is 0 Å². The van der Waals surface area contributed by atoms with Crippen molar-refractivity contribution in [2.24, 2.45) is 5.92 Å². The van der Waals surface area contributed by atoms with Gasteiger partial charge in [0.2, 0.25) is 0 Å². The number of anilines is 1. The molecular formula is C16H25N3O. The molecule has 1 aliphatic rings. The van der Waals surface area contributed by atoms with Crippen LogP contribution >= 0.6 is 0 Å². The van der Waals surface area contributed by atoms with Crippen molar-refractivity contribution in [3.63, 3.8) is 0 Å². The fraction of sp³-hybridized carbons (Fsp3) is 0.562. The normalized spacial score (nSPS) is 15.1. The number of benzene rings is 1. The molecule has 0 fully saturated rings. The van der Waals surface area contributed by atoms with Crippen LogP contribution in [0, 0.1) is 5.92 Å². The van der Waals surface area contributed by atoms with Crippen LogP contribution < -0.4 is 10.6 Å². The Kier molecular flexibility index (Phi) is 4.65. The van der Waals surface area contributed by atoms with Crippen LogP contribution in [0.4, 0.5) is 5.69 Å². The lowest BCUT2D eigenvalue weighted by Gasteiger charge is -2.25. The van der Waals surface area contributed by atoms with Crippen LogP contribution in [-0.2, 0) is 6.42 Å². The van der Waals surface area contributed by atoms with Crippen LogP contribution in [0.1, 0.15) is 29.8 Å². The molecular weight excluding hydrogens is 250 g/mol. The number of carbonyl (C=O) groups is 1. The molecule has 4 nitrogen and oxygen atoms in total. The first-order valence-corrected chi connectivity index (χ1v) is 7.29. The zero-order valence-corrected chi connectivity index (χ0v) is 12.9. The van der Waals surface area contributed by atoms with Gasteiger partial charge in [0.1, 0.15) is 0 Å². The van der Waals surface area contributed by atoms with Gasteiger partial charge >= 0.3 is 0 Å². The molecule has 20 heavy (non-hydrogen) atoms. The number of nitrogens with zero attached hydrogens (tertiary/aromatic N) is 1. The number of likely N-dealkylation sites (N-methyl/N-ethyl adjacent to an activating group) is 1. The van der Waals surface area contributed by atoms with Crippen LogP contribution in [0.3, 0.4) is 0 Å². The highest BCUT2D eigenvalue weighted by atomic mass is 16.1. The summed E-state index contributed by atoms with van der Waals surface area (Å²) in [4.78, 5) is 14.5. The molecule has 0 bridgehead atoms. The summed E-state index contributed by atoms with van der Waals surface area (Å²) in [5.41, 5.74) is 3.14. The van der Waals surface area contributed by atoms with E-state index in [4.69, 9.17) is 0 Å². The molecule has 1 atom stereocenters. The Morgan fingerprint density at radius 1 is 1.40 bits per heavy atom. The maximum atomic E-state index is 12.4. The Morgan fingerprint density at radius 3 is 2.80 bits per heavy atom. The average Bonchev–Trinajstić information content (AvgIpc) is 2.84. The second-order valence-corrected chi connectivity index (χ2v) is 6.13. The standard InChI is InChI=1S/C16H25N3O/c1-11(2)15(10-19(3)4)18-16(20)13-6-5-12-7-8-17-14(12)9-13/h5-6,9,11,15,17H,7-8,10H2,1-4H3,(H,18,20). The summed E-state index contributed by atoms with van der Waals surface area (Å²) in [5.74, 6) is 0.427. The Labute approximate surface area is 121 Å². The Balaban J connectivity index is 2.06. The van der Waals surface area contributed by atoms with Crippen LogP contribution in [0.15, 0.2) is 18.2 Å². The second kappa shape index (κ2) is 6.27. The first-order valence-electron chi connectivity index (χ1n) is 7.29. The van der Waals surface area contributed by atoms with Crippen LogP contribution in [0.25, 0.3) is 0 Å². The quantitative estimate of drug-likeness (QED) is 0.863. The van der Waals surface area contributed by atoms with Gasteiger partial charge in [0.05, 0.1) is 0 Å². The Bertz CT molecular complexity index is 483. The van der Waals surface area contributed by atoms with Crippen LogP contribution in [-0.4, -0.2) is 44.0 Å². The highest BCUT2D eigenvalue weighted by molar-refractivity contribution is 5.95. The van der Waals surface area contributed by atoms with Crippen molar-refractivity contribution in [3.8, 4) is 0 Å². The molecule has 1 unspecified atom stereocenters. The van der Waals surface area contributed by atoms with E-state index >= 15 is 0 Å². The fourth-order valence-electron chi connectivity index (χ4n) is 2.50. The smallest absolute Gasteiger partial charge is 0.251 e. The van der Waals surface area contributed by atoms with E-state index in [0.717, 1.165) is 30.8 Å². The van der Waals surface area contributed by atoms with Crippen molar-refractivity contribution in [2.45, 2.75) is 26.3 Å². The molecule has 1 aliphatic heterocycles. The van der Waals surface area contributed by atoms with E-state index in [1.54, 1.807) is 0 Å². The highest BCUT2D eigenvalue weighted by Crippen LogP contribution is 2.23. The van der Waals surface area contributed by atoms with E-state index in [-0.39, 0.29) is 11.9 Å². The number of nitrogens with one attached hydrogen (secondary N) is 2. The summed E-state index contributed by atoms with van der Waals surface area (Å²) in [7, 11) is 4.06. The largest absolute Gasteiger partial charge is 0.384 e. The molecule has 110 valence electrons. The second-order valence-electron chi connectivity index (χ2n) is 6.13. The molecule has 0 aromatic heterocycles. The molecule has 1 aromatic carbocycles. The van der Waals surface area contributed by atoms with Gasteiger partial charge in [-0.25, -0.2) is 0 Å². The van der Waals surface area contributed by atoms with Gasteiger partial charge in [-0.3, -0.25) is 4.79 Å². The summed E-state index contributed by atoms with van der Waals surface area (Å²) in [5, 5.41) is 6.46. The lowest BCUT2D eigenvalue weighted by atomic mass is 10.0. The SMILES string of the molecule is CC(C)C(CN(C)C)NC(=O)c1ccc2c(c1)NCC2. The first-order chi connectivity index (χ1) is 9.47. The summed E-state index contributed by atoms with van der Waals surface area (Å²) < 4.78 is 0. The van der Waals surface area contributed by atoms with Gasteiger partial charge in [0.15, 0.2) is 0 Å². The number of hydrogen-bond acceptors (Lipinski definition) is 3. The van der Waals surface area contributed by atoms with Crippen molar-refractivity contribution >= 4 is 11.6 Å². The monoisotopic (exact) mass is 275 g/mol. The van der Waals surface area contributed by atoms with Crippen molar-refractivity contribution < 1.29 is 4.79 Å². The maximum absolute atomic E-state index is 12.4. The zero-order chi connectivity index (χ0) is 14.7. The highest BCUT2D eigenvalue weighted by Gasteiger charge is 2.19. The molecule has 0 radical (unpaired) electrons. The lowest BCUT2D eigenvalue weighted by Crippen LogP contribution is -2.45. The summed E-state index contributed by atoms with van der Waals surface area (Å²) in [6.07, 6.45) is 1.05. The van der Waals surface area contributed by atoms with E-state index in [2.05, 4.69) is 35.4 Å². The van der Waals surface area contributed by atoms with Crippen molar-refractivity contribution in [3.05, 3.63) is 29.3 Å². The minimum Gasteiger partial charge on any atom is -0.384 e. The number of rotatable bonds is 5. The summed E-state index contributed by atoms with van der Waals surface area (Å²) >= 11 is 0. The van der Waals surface area contributed by atoms with E-state index in [9.17, 15) is 4.79 Å². The minimum atomic E-state index is 0.0158. The number of hydrogen-bond donors (Lipinski definition) is 2. The van der Waals surface area contributed by atoms with Gasteiger partial charge in [0, 0.05) is 30.4 Å². The summed E-state index contributed by atoms with van der Waals surface area (Å²) in [6.45, 7) is 6.10. The van der Waals surface area contributed by atoms with Gasteiger partial charge in [-0.2, -0.15) is 0 Å². The van der Waals surface area contributed by atoms with Crippen LogP contribution in [0.2, 0.25) is 0 Å². The molecule has 0 spiro atoms. The summed E-state index contributed by atoms with van der Waals surface area (Å²) in [6, 6.07) is 6.11. The topological polar surface area (TPSA) is 44.4 Å². The molecule has 0 saturated heterocycles. The Hall–Kier alpha value is -1.55. The van der Waals surface area contributed by atoms with Crippen LogP contribution in [0.5, 0.6) is 0 Å². The first kappa shape index (κ1) is 14.9. The average molecular weight is 275 g/mol. The molecule has 1 aromatic rings. The van der Waals surface area contributed by atoms with Crippen molar-refractivity contribution in [2.75, 3.05) is 32.5 Å². The van der Waals surface area contributed by atoms with E-state index in [1.165, 1.54) is 5.56 Å². The van der Waals surface area contributed by atoms with Crippen molar-refractivity contribution in [1.82, 2.24) is 10.2 Å². The molecule has 1 heterocycles. The fourth-order valence-corrected chi connectivity index (χ4v) is 2.50. The lowest BCUT2D eigenvalue weighted by molar-refractivity contribution is 0.0916. The third-order valence-corrected chi connectivity index (χ3v) is 3.76. The van der Waals surface area contributed by atoms with Gasteiger partial charge in [-0.1, -0.05) is 19.9 Å². The third kappa shape index (κ3) is 3.51. The van der Waals surface area contributed by atoms with Crippen molar-refractivity contribution in [1.29, 1.82) is 0 Å². The molecule has 0 aliphatic carbocycles. The number of fused-ring (bicyclic) bond motifs is 1. The maximum Gasteiger partial charge on any atom is 0.251 e. The third-order valence-electron chi connectivity index (χ3n) is 3.76. The van der Waals surface area contributed by atoms with E-state index in [0.29, 0.717) is 5.92 Å². The van der Waals surface area contributed by atoms with Gasteiger partial charge in [-0.15, -0.1) is 0 Å². The van der Waals surface area contributed by atoms with Gasteiger partial charge in [0.25, 0.3) is 5.91 Å². The molecule has 2 N–H and O–H groups in total. The Morgan fingerprint density at radius 2 is 2.15 bits per heavy atom. The molecule has 4 heteroatoms. The van der Waals surface area contributed by atoms with Gasteiger partial charge < -0.3 is 15.5 Å². The molecule has 1 amide bonds. The predicted octanol–water partition coefficient (Wildman–Crippen LogP) is 1.97. The zero-order valence-electron chi connectivity index (χ0n) is 12.9. The molecule has 0 saturated carbocycles. The number of carbonyl (C=O) groups excluding carboxylic acids is 1. The predicted molar refractivity (Wildman–Crippen MR) is 83.3 cm³/mol.